The number of piperidine rings is 1. The van der Waals surface area contributed by atoms with Crippen LogP contribution in [0.1, 0.15) is 25.3 Å². The molecule has 4 atom stereocenters. The molecule has 3 rings (SSSR count). The molecule has 0 saturated carbocycles. The third kappa shape index (κ3) is 4.81. The summed E-state index contributed by atoms with van der Waals surface area (Å²) in [6.07, 6.45) is 7.99. The van der Waals surface area contributed by atoms with Gasteiger partial charge < -0.3 is 14.2 Å². The van der Waals surface area contributed by atoms with Crippen LogP contribution in [0.5, 0.6) is 0 Å². The van der Waals surface area contributed by atoms with Gasteiger partial charge in [-0.2, -0.15) is 0 Å². The van der Waals surface area contributed by atoms with E-state index in [4.69, 9.17) is 9.47 Å². The normalized spacial score (nSPS) is 27.2. The van der Waals surface area contributed by atoms with Gasteiger partial charge in [-0.25, -0.2) is 9.59 Å². The number of esters is 1. The molecular formula is C22H27NO5. The summed E-state index contributed by atoms with van der Waals surface area (Å²) >= 11 is 0. The fourth-order valence-electron chi connectivity index (χ4n) is 3.84. The number of ether oxygens (including phenoxy) is 3. The van der Waals surface area contributed by atoms with Crippen LogP contribution in [0.2, 0.25) is 0 Å². The van der Waals surface area contributed by atoms with Crippen LogP contribution >= 0.6 is 0 Å². The van der Waals surface area contributed by atoms with Crippen molar-refractivity contribution in [1.29, 1.82) is 0 Å². The SMILES string of the molecule is COC(=O)/C=C/C=C/C[C@H]1C[C@H](OCc2ccccc2)[C@H](C)[C@H]2COC(=O)N12. The first-order chi connectivity index (χ1) is 13.6. The van der Waals surface area contributed by atoms with Gasteiger partial charge in [0.2, 0.25) is 0 Å². The van der Waals surface area contributed by atoms with E-state index in [2.05, 4.69) is 23.8 Å². The highest BCUT2D eigenvalue weighted by Crippen LogP contribution is 2.36. The lowest BCUT2D eigenvalue weighted by Gasteiger charge is -2.43. The zero-order chi connectivity index (χ0) is 19.9. The number of amides is 1. The van der Waals surface area contributed by atoms with E-state index in [-0.39, 0.29) is 30.2 Å². The second-order valence-electron chi connectivity index (χ2n) is 7.18. The summed E-state index contributed by atoms with van der Waals surface area (Å²) in [7, 11) is 1.34. The zero-order valence-electron chi connectivity index (χ0n) is 16.3. The van der Waals surface area contributed by atoms with Crippen molar-refractivity contribution in [2.45, 2.75) is 44.6 Å². The largest absolute Gasteiger partial charge is 0.466 e. The van der Waals surface area contributed by atoms with E-state index in [9.17, 15) is 9.59 Å². The fourth-order valence-corrected chi connectivity index (χ4v) is 3.84. The molecule has 0 spiro atoms. The van der Waals surface area contributed by atoms with Gasteiger partial charge in [-0.1, -0.05) is 55.5 Å². The van der Waals surface area contributed by atoms with Gasteiger partial charge in [-0.15, -0.1) is 0 Å². The van der Waals surface area contributed by atoms with E-state index in [0.717, 1.165) is 12.0 Å². The molecule has 0 aliphatic carbocycles. The summed E-state index contributed by atoms with van der Waals surface area (Å²) in [4.78, 5) is 25.2. The average molecular weight is 385 g/mol. The van der Waals surface area contributed by atoms with Gasteiger partial charge in [0.05, 0.1) is 25.9 Å². The predicted molar refractivity (Wildman–Crippen MR) is 104 cm³/mol. The van der Waals surface area contributed by atoms with Crippen LogP contribution in [0.15, 0.2) is 54.6 Å². The molecule has 0 unspecified atom stereocenters. The first-order valence-electron chi connectivity index (χ1n) is 9.62. The Labute approximate surface area is 165 Å². The molecule has 28 heavy (non-hydrogen) atoms. The minimum atomic E-state index is -0.395. The quantitative estimate of drug-likeness (QED) is 0.408. The molecule has 2 aliphatic heterocycles. The Bertz CT molecular complexity index is 730. The molecule has 0 bridgehead atoms. The molecule has 1 aromatic rings. The van der Waals surface area contributed by atoms with E-state index in [1.165, 1.54) is 13.2 Å². The number of hydrogen-bond donors (Lipinski definition) is 0. The van der Waals surface area contributed by atoms with Gasteiger partial charge in [0, 0.05) is 18.0 Å². The number of nitrogens with zero attached hydrogens (tertiary/aromatic N) is 1. The van der Waals surface area contributed by atoms with E-state index >= 15 is 0 Å². The fraction of sp³-hybridized carbons (Fsp3) is 0.455. The highest BCUT2D eigenvalue weighted by molar-refractivity contribution is 5.82. The maximum atomic E-state index is 12.2. The molecule has 6 nitrogen and oxygen atoms in total. The van der Waals surface area contributed by atoms with Crippen LogP contribution in [0, 0.1) is 5.92 Å². The van der Waals surface area contributed by atoms with Gasteiger partial charge in [-0.3, -0.25) is 4.90 Å². The van der Waals surface area contributed by atoms with Gasteiger partial charge in [-0.05, 0) is 18.4 Å². The van der Waals surface area contributed by atoms with Crippen LogP contribution < -0.4 is 0 Å². The standard InChI is InChI=1S/C22H27NO5/c1-16-19-15-28-22(25)23(19)18(11-7-4-8-12-21(24)26-2)13-20(16)27-14-17-9-5-3-6-10-17/h3-10,12,16,18-20H,11,13-15H2,1-2H3/b7-4+,12-8+/t16-,18+,19-,20+/m1/s1. The molecule has 1 amide bonds. The van der Waals surface area contributed by atoms with Gasteiger partial charge in [0.1, 0.15) is 6.61 Å². The number of allylic oxidation sites excluding steroid dienone is 2. The smallest absolute Gasteiger partial charge is 0.410 e. The number of benzene rings is 1. The molecule has 1 aromatic carbocycles. The minimum Gasteiger partial charge on any atom is -0.466 e. The number of carbonyl (C=O) groups is 2. The maximum Gasteiger partial charge on any atom is 0.410 e. The van der Waals surface area contributed by atoms with Crippen molar-refractivity contribution < 1.29 is 23.8 Å². The van der Waals surface area contributed by atoms with Crippen molar-refractivity contribution >= 4 is 12.1 Å². The summed E-state index contributed by atoms with van der Waals surface area (Å²) in [5, 5.41) is 0. The number of fused-ring (bicyclic) bond motifs is 1. The number of carbonyl (C=O) groups excluding carboxylic acids is 2. The van der Waals surface area contributed by atoms with Crippen LogP contribution in [0.25, 0.3) is 0 Å². The molecule has 0 radical (unpaired) electrons. The van der Waals surface area contributed by atoms with Crippen LogP contribution in [-0.4, -0.2) is 48.9 Å². The van der Waals surface area contributed by atoms with E-state index in [1.54, 1.807) is 12.2 Å². The molecule has 2 heterocycles. The maximum absolute atomic E-state index is 12.2. The first-order valence-corrected chi connectivity index (χ1v) is 9.62. The third-order valence-corrected chi connectivity index (χ3v) is 5.43. The second kappa shape index (κ2) is 9.55. The van der Waals surface area contributed by atoms with Crippen molar-refractivity contribution in [3.05, 3.63) is 60.2 Å². The highest BCUT2D eigenvalue weighted by Gasteiger charge is 2.48. The van der Waals surface area contributed by atoms with Crippen LogP contribution in [0.3, 0.4) is 0 Å². The molecule has 2 aliphatic rings. The Morgan fingerprint density at radius 3 is 2.82 bits per heavy atom. The summed E-state index contributed by atoms with van der Waals surface area (Å²) in [6.45, 7) is 3.09. The number of rotatable bonds is 7. The van der Waals surface area contributed by atoms with Crippen molar-refractivity contribution in [2.24, 2.45) is 5.92 Å². The topological polar surface area (TPSA) is 65.1 Å². The van der Waals surface area contributed by atoms with E-state index in [0.29, 0.717) is 19.6 Å². The summed E-state index contributed by atoms with van der Waals surface area (Å²) in [5.41, 5.74) is 1.14. The number of methoxy groups -OCH3 is 1. The molecule has 6 heteroatoms. The van der Waals surface area contributed by atoms with Crippen molar-refractivity contribution in [1.82, 2.24) is 4.90 Å². The Hall–Kier alpha value is -2.60. The molecule has 2 saturated heterocycles. The number of cyclic esters (lactones) is 1. The Balaban J connectivity index is 1.63. The summed E-state index contributed by atoms with van der Waals surface area (Å²) < 4.78 is 16.1. The Kier molecular flexibility index (Phi) is 6.87. The zero-order valence-corrected chi connectivity index (χ0v) is 16.3. The van der Waals surface area contributed by atoms with Crippen LogP contribution in [-0.2, 0) is 25.6 Å². The molecule has 150 valence electrons. The molecule has 0 N–H and O–H groups in total. The van der Waals surface area contributed by atoms with E-state index < -0.39 is 5.97 Å². The highest BCUT2D eigenvalue weighted by atomic mass is 16.6. The lowest BCUT2D eigenvalue weighted by atomic mass is 9.84. The van der Waals surface area contributed by atoms with Gasteiger partial charge in [0.15, 0.2) is 0 Å². The van der Waals surface area contributed by atoms with Gasteiger partial charge >= 0.3 is 12.1 Å². The van der Waals surface area contributed by atoms with Crippen LogP contribution in [0.4, 0.5) is 4.79 Å². The Morgan fingerprint density at radius 1 is 1.29 bits per heavy atom. The average Bonchev–Trinajstić information content (AvgIpc) is 3.11. The summed E-state index contributed by atoms with van der Waals surface area (Å²) in [6, 6.07) is 10.1. The minimum absolute atomic E-state index is 0.0137. The molecule has 0 aromatic heterocycles. The molecule has 2 fully saturated rings. The monoisotopic (exact) mass is 385 g/mol. The molecular weight excluding hydrogens is 358 g/mol. The van der Waals surface area contributed by atoms with Gasteiger partial charge in [0.25, 0.3) is 0 Å². The Morgan fingerprint density at radius 2 is 2.07 bits per heavy atom. The third-order valence-electron chi connectivity index (χ3n) is 5.43. The van der Waals surface area contributed by atoms with Crippen molar-refractivity contribution in [3.8, 4) is 0 Å². The number of hydrogen-bond acceptors (Lipinski definition) is 5. The predicted octanol–water partition coefficient (Wildman–Crippen LogP) is 3.48. The lowest BCUT2D eigenvalue weighted by molar-refractivity contribution is -0.134. The summed E-state index contributed by atoms with van der Waals surface area (Å²) in [5.74, 6) is -0.191. The van der Waals surface area contributed by atoms with E-state index in [1.807, 2.05) is 29.2 Å². The second-order valence-corrected chi connectivity index (χ2v) is 7.18. The van der Waals surface area contributed by atoms with Crippen molar-refractivity contribution in [2.75, 3.05) is 13.7 Å². The first kappa shape index (κ1) is 20.1. The van der Waals surface area contributed by atoms with Crippen molar-refractivity contribution in [3.63, 3.8) is 0 Å². The lowest BCUT2D eigenvalue weighted by Crippen LogP contribution is -2.54.